The van der Waals surface area contributed by atoms with E-state index in [1.165, 1.54) is 30.3 Å². The number of aliphatic hydroxyl groups excluding tert-OH is 1. The van der Waals surface area contributed by atoms with E-state index >= 15 is 0 Å². The molecule has 1 aliphatic heterocycles. The Labute approximate surface area is 280 Å². The average molecular weight is 816 g/mol. The molecule has 0 spiro atoms. The molecule has 4 rings (SSSR count). The van der Waals surface area contributed by atoms with Gasteiger partial charge in [0.15, 0.2) is 12.2 Å². The Morgan fingerprint density at radius 1 is 0.860 bits per heavy atom. The molecule has 1 saturated heterocycles. The van der Waals surface area contributed by atoms with E-state index < -0.39 is 66.8 Å². The van der Waals surface area contributed by atoms with E-state index in [-0.39, 0.29) is 79.1 Å². The minimum absolute atomic E-state index is 0. The molecule has 0 saturated carbocycles. The number of esters is 4. The smallest absolute Gasteiger partial charge is 0.374 e. The van der Waals surface area contributed by atoms with Crippen LogP contribution in [0.2, 0.25) is 0 Å². The molecule has 1 aliphatic rings. The minimum Gasteiger partial charge on any atom is -0.461 e. The quantitative estimate of drug-likeness (QED) is 0.188. The van der Waals surface area contributed by atoms with Crippen molar-refractivity contribution in [1.29, 1.82) is 0 Å². The number of aliphatic hydroxyl groups is 1. The van der Waals surface area contributed by atoms with Gasteiger partial charge < -0.3 is 42.4 Å². The van der Waals surface area contributed by atoms with E-state index in [2.05, 4.69) is 0 Å². The summed E-state index contributed by atoms with van der Waals surface area (Å²) in [6, 6.07) is 8.75. The van der Waals surface area contributed by atoms with Crippen molar-refractivity contribution in [1.82, 2.24) is 0 Å². The van der Waals surface area contributed by atoms with Crippen molar-refractivity contribution < 1.29 is 106 Å². The second-order valence-electron chi connectivity index (χ2n) is 9.10. The fourth-order valence-corrected chi connectivity index (χ4v) is 4.36. The summed E-state index contributed by atoms with van der Waals surface area (Å²) in [4.78, 5) is 60.3. The summed E-state index contributed by atoms with van der Waals surface area (Å²) in [6.07, 6.45) is -6.80. The molecule has 1 aromatic carbocycles. The van der Waals surface area contributed by atoms with Crippen LogP contribution >= 0.6 is 0 Å². The van der Waals surface area contributed by atoms with Crippen LogP contribution < -0.4 is 10.4 Å². The van der Waals surface area contributed by atoms with Gasteiger partial charge in [-0.05, 0) is 37.3 Å². The van der Waals surface area contributed by atoms with Gasteiger partial charge in [0, 0.05) is 76.3 Å². The van der Waals surface area contributed by atoms with E-state index in [1.807, 2.05) is 0 Å². The van der Waals surface area contributed by atoms with Gasteiger partial charge >= 0.3 is 29.5 Å². The van der Waals surface area contributed by atoms with Crippen LogP contribution in [0.1, 0.15) is 38.2 Å². The van der Waals surface area contributed by atoms with Gasteiger partial charge in [0.2, 0.25) is 18.2 Å². The van der Waals surface area contributed by atoms with Gasteiger partial charge in [-0.1, -0.05) is 0 Å². The predicted octanol–water partition coefficient (Wildman–Crippen LogP) is 2.12. The third kappa shape index (κ3) is 8.23. The second kappa shape index (κ2) is 15.0. The average Bonchev–Trinajstić information content (AvgIpc) is 3.41. The monoisotopic (exact) mass is 815 g/mol. The maximum Gasteiger partial charge on any atom is 0.374 e. The van der Waals surface area contributed by atoms with Crippen LogP contribution in [0.15, 0.2) is 50.0 Å². The molecule has 0 aliphatic carbocycles. The third-order valence-electron chi connectivity index (χ3n) is 5.99. The van der Waals surface area contributed by atoms with Crippen LogP contribution in [-0.4, -0.2) is 72.9 Å². The van der Waals surface area contributed by atoms with Gasteiger partial charge in [-0.3, -0.25) is 14.4 Å². The number of carbonyl (C=O) groups excluding carboxylic acids is 4. The molecule has 1 fully saturated rings. The molecule has 15 heteroatoms. The third-order valence-corrected chi connectivity index (χ3v) is 5.99. The minimum atomic E-state index is -1.45. The number of benzene rings is 1. The Kier molecular flexibility index (Phi) is 11.9. The van der Waals surface area contributed by atoms with E-state index in [9.17, 15) is 29.1 Å². The first-order valence-corrected chi connectivity index (χ1v) is 12.8. The molecule has 3 aromatic rings. The van der Waals surface area contributed by atoms with E-state index in [0.717, 1.165) is 20.8 Å². The SMILES string of the molecule is CCOC(=O)c1ccc(-c2cc3ccc(O[C@@H]4O[C@H](CO)[C@H](OC(C)=O)[C@H](OC(C)=O)[C@H]4OC(C)=O)cc3oc2=O)o1.[Ac]. The molecule has 2 aromatic heterocycles. The first-order chi connectivity index (χ1) is 20.0. The Morgan fingerprint density at radius 2 is 1.51 bits per heavy atom. The number of fused-ring (bicyclic) bond motifs is 1. The predicted molar refractivity (Wildman–Crippen MR) is 139 cm³/mol. The van der Waals surface area contributed by atoms with E-state index in [1.54, 1.807) is 13.0 Å². The molecular formula is C28H28AcO14. The maximum atomic E-state index is 12.8. The van der Waals surface area contributed by atoms with Crippen molar-refractivity contribution in [3.05, 3.63) is 52.6 Å². The Bertz CT molecular complexity index is 1540. The zero-order chi connectivity index (χ0) is 30.6. The molecular weight excluding hydrogens is 787 g/mol. The van der Waals surface area contributed by atoms with Crippen LogP contribution in [-0.2, 0) is 38.1 Å². The van der Waals surface area contributed by atoms with Crippen molar-refractivity contribution in [2.24, 2.45) is 0 Å². The van der Waals surface area contributed by atoms with Crippen molar-refractivity contribution in [3.8, 4) is 17.1 Å². The molecule has 1 N–H and O–H groups in total. The first-order valence-electron chi connectivity index (χ1n) is 12.8. The summed E-state index contributed by atoms with van der Waals surface area (Å²) in [6.45, 7) is 4.47. The molecule has 0 bridgehead atoms. The molecule has 43 heavy (non-hydrogen) atoms. The van der Waals surface area contributed by atoms with E-state index in [0.29, 0.717) is 5.39 Å². The van der Waals surface area contributed by atoms with Crippen molar-refractivity contribution >= 4 is 34.8 Å². The van der Waals surface area contributed by atoms with Crippen LogP contribution in [0.25, 0.3) is 22.3 Å². The summed E-state index contributed by atoms with van der Waals surface area (Å²) in [5.41, 5.74) is -0.606. The Morgan fingerprint density at radius 3 is 2.14 bits per heavy atom. The largest absolute Gasteiger partial charge is 0.461 e. The fraction of sp³-hybridized carbons (Fsp3) is 0.393. The fourth-order valence-electron chi connectivity index (χ4n) is 4.36. The number of ether oxygens (including phenoxy) is 6. The standard InChI is InChI=1S/C28H28O14.Ac/c1-5-35-27(34)20-9-8-19(40-20)18-10-16-6-7-17(11-21(16)41-26(18)33)39-28-25(38-15(4)32)24(37-14(3)31)23(36-13(2)30)22(12-29)42-28;/h6-11,22-25,28-29H,5,12H2,1-4H3;/t22-,23+,24+,25-,28-;/m1./s1. The van der Waals surface area contributed by atoms with E-state index in [4.69, 9.17) is 37.3 Å². The zero-order valence-corrected chi connectivity index (χ0v) is 28.3. The summed E-state index contributed by atoms with van der Waals surface area (Å²) in [5, 5.41) is 10.4. The summed E-state index contributed by atoms with van der Waals surface area (Å²) < 4.78 is 43.4. The molecule has 0 amide bonds. The summed E-state index contributed by atoms with van der Waals surface area (Å²) >= 11 is 0. The van der Waals surface area contributed by atoms with Crippen LogP contribution in [0.4, 0.5) is 0 Å². The molecule has 14 nitrogen and oxygen atoms in total. The normalized spacial score (nSPS) is 21.3. The topological polar surface area (TPSA) is 187 Å². The van der Waals surface area contributed by atoms with Gasteiger partial charge in [-0.25, -0.2) is 9.59 Å². The molecule has 227 valence electrons. The molecule has 1 radical (unpaired) electrons. The number of hydrogen-bond acceptors (Lipinski definition) is 14. The molecule has 3 heterocycles. The Hall–Kier alpha value is -3.25. The molecule has 0 unspecified atom stereocenters. The van der Waals surface area contributed by atoms with Crippen molar-refractivity contribution in [2.45, 2.75) is 58.4 Å². The van der Waals surface area contributed by atoms with Gasteiger partial charge in [-0.15, -0.1) is 0 Å². The van der Waals surface area contributed by atoms with Crippen LogP contribution in [0.5, 0.6) is 5.75 Å². The van der Waals surface area contributed by atoms with Gasteiger partial charge in [-0.2, -0.15) is 0 Å². The van der Waals surface area contributed by atoms with Crippen LogP contribution in [0.3, 0.4) is 0 Å². The number of furan rings is 1. The van der Waals surface area contributed by atoms with Crippen molar-refractivity contribution in [3.63, 3.8) is 0 Å². The second-order valence-corrected chi connectivity index (χ2v) is 9.10. The molecule has 5 atom stereocenters. The van der Waals surface area contributed by atoms with Gasteiger partial charge in [0.25, 0.3) is 0 Å². The van der Waals surface area contributed by atoms with Gasteiger partial charge in [0.05, 0.1) is 13.2 Å². The van der Waals surface area contributed by atoms with Gasteiger partial charge in [0.1, 0.15) is 28.8 Å². The summed E-state index contributed by atoms with van der Waals surface area (Å²) in [7, 11) is 0. The number of rotatable bonds is 9. The van der Waals surface area contributed by atoms with Crippen LogP contribution in [0, 0.1) is 44.1 Å². The Balaban J connectivity index is 0.00000506. The first kappa shape index (κ1) is 34.2. The zero-order valence-electron chi connectivity index (χ0n) is 23.6. The maximum absolute atomic E-state index is 12.8. The summed E-state index contributed by atoms with van der Waals surface area (Å²) in [5.74, 6) is -2.87. The number of hydrogen-bond donors (Lipinski definition) is 1. The van der Waals surface area contributed by atoms with Crippen molar-refractivity contribution in [2.75, 3.05) is 13.2 Å². The number of carbonyl (C=O) groups is 4.